The third kappa shape index (κ3) is 4.18. The van der Waals surface area contributed by atoms with E-state index in [1.807, 2.05) is 66.8 Å². The van der Waals surface area contributed by atoms with Gasteiger partial charge >= 0.3 is 0 Å². The number of fused-ring (bicyclic) bond motifs is 1. The number of carbonyl (C=O) groups is 2. The summed E-state index contributed by atoms with van der Waals surface area (Å²) >= 11 is 0. The van der Waals surface area contributed by atoms with Gasteiger partial charge in [-0.15, -0.1) is 0 Å². The van der Waals surface area contributed by atoms with E-state index in [0.29, 0.717) is 12.0 Å². The van der Waals surface area contributed by atoms with Crippen LogP contribution in [-0.4, -0.2) is 17.8 Å². The van der Waals surface area contributed by atoms with E-state index >= 15 is 0 Å². The average molecular weight is 455 g/mol. The van der Waals surface area contributed by atoms with Crippen LogP contribution in [0, 0.1) is 5.41 Å². The van der Waals surface area contributed by atoms with Gasteiger partial charge in [0.15, 0.2) is 5.78 Å². The molecule has 2 aromatic rings. The van der Waals surface area contributed by atoms with Crippen molar-refractivity contribution in [2.24, 2.45) is 5.41 Å². The number of hydrogen-bond acceptors (Lipinski definition) is 4. The van der Waals surface area contributed by atoms with E-state index in [4.69, 9.17) is 4.74 Å². The highest BCUT2D eigenvalue weighted by molar-refractivity contribution is 6.05. The molecule has 0 fully saturated rings. The topological polar surface area (TPSA) is 58.6 Å². The molecular formula is C29H30N2O3. The number of allylic oxidation sites excluding steroid dienone is 3. The number of ketones is 1. The highest BCUT2D eigenvalue weighted by Crippen LogP contribution is 2.48. The smallest absolute Gasteiger partial charge is 0.224 e. The summed E-state index contributed by atoms with van der Waals surface area (Å²) < 4.78 is 6.22. The summed E-state index contributed by atoms with van der Waals surface area (Å²) in [5.74, 6) is 0.689. The number of para-hydroxylation sites is 2. The van der Waals surface area contributed by atoms with Crippen molar-refractivity contribution in [3.8, 4) is 5.75 Å². The molecule has 2 atom stereocenters. The van der Waals surface area contributed by atoms with Gasteiger partial charge in [0.05, 0.1) is 17.4 Å². The number of carbonyl (C=O) groups excluding carboxylic acids is 2. The van der Waals surface area contributed by atoms with Crippen LogP contribution in [0.2, 0.25) is 0 Å². The Hall–Kier alpha value is -3.60. The Kier molecular flexibility index (Phi) is 5.64. The summed E-state index contributed by atoms with van der Waals surface area (Å²) in [5.41, 5.74) is 3.88. The summed E-state index contributed by atoms with van der Waals surface area (Å²) in [5, 5.41) is 3.53. The first-order valence-electron chi connectivity index (χ1n) is 11.8. The monoisotopic (exact) mass is 454 g/mol. The van der Waals surface area contributed by atoms with Gasteiger partial charge in [-0.3, -0.25) is 14.5 Å². The summed E-state index contributed by atoms with van der Waals surface area (Å²) in [7, 11) is 0. The number of rotatable bonds is 3. The zero-order chi connectivity index (χ0) is 23.9. The average Bonchev–Trinajstić information content (AvgIpc) is 2.93. The van der Waals surface area contributed by atoms with E-state index in [9.17, 15) is 9.59 Å². The number of ether oxygens (including phenoxy) is 1. The first-order valence-corrected chi connectivity index (χ1v) is 11.8. The second-order valence-electron chi connectivity index (χ2n) is 10.0. The van der Waals surface area contributed by atoms with Crippen molar-refractivity contribution in [2.45, 2.75) is 52.2 Å². The molecule has 5 heteroatoms. The molecule has 1 amide bonds. The molecule has 1 heterocycles. The quantitative estimate of drug-likeness (QED) is 0.608. The molecule has 1 N–H and O–H groups in total. The van der Waals surface area contributed by atoms with Crippen LogP contribution < -0.4 is 15.0 Å². The number of nitrogens with zero attached hydrogens (tertiary/aromatic N) is 1. The van der Waals surface area contributed by atoms with Crippen LogP contribution in [0.3, 0.4) is 0 Å². The maximum Gasteiger partial charge on any atom is 0.224 e. The molecule has 0 saturated carbocycles. The van der Waals surface area contributed by atoms with Crippen LogP contribution in [0.25, 0.3) is 0 Å². The molecule has 2 aromatic carbocycles. The fraction of sp³-hybridized carbons (Fsp3) is 0.310. The number of nitrogens with one attached hydrogen (secondary N) is 1. The molecule has 174 valence electrons. The van der Waals surface area contributed by atoms with Gasteiger partial charge < -0.3 is 10.1 Å². The zero-order valence-electron chi connectivity index (χ0n) is 19.9. The van der Waals surface area contributed by atoms with Crippen molar-refractivity contribution >= 4 is 23.1 Å². The van der Waals surface area contributed by atoms with E-state index in [1.54, 1.807) is 11.8 Å². The second kappa shape index (κ2) is 8.64. The lowest BCUT2D eigenvalue weighted by atomic mass is 9.73. The minimum absolute atomic E-state index is 0.0347. The minimum Gasteiger partial charge on any atom is -0.486 e. The Labute approximate surface area is 200 Å². The largest absolute Gasteiger partial charge is 0.486 e. The number of Topliss-reactive ketones (excluding diaryl/α,β-unsaturated/α-hetero) is 1. The Morgan fingerprint density at radius 3 is 2.68 bits per heavy atom. The lowest BCUT2D eigenvalue weighted by Crippen LogP contribution is -2.38. The van der Waals surface area contributed by atoms with Crippen LogP contribution in [0.5, 0.6) is 5.75 Å². The summed E-state index contributed by atoms with van der Waals surface area (Å²) in [6, 6.07) is 15.1. The highest BCUT2D eigenvalue weighted by Gasteiger charge is 2.42. The summed E-state index contributed by atoms with van der Waals surface area (Å²) in [4.78, 5) is 28.5. The van der Waals surface area contributed by atoms with Crippen molar-refractivity contribution in [1.82, 2.24) is 0 Å². The van der Waals surface area contributed by atoms with E-state index < -0.39 is 6.04 Å². The third-order valence-corrected chi connectivity index (χ3v) is 6.64. The SMILES string of the molecule is CC(=O)N1c2ccccc2NC2=C(C(=O)CC(C)(C)C2)C1c1cccc(OC2C=CC=CC2)c1. The van der Waals surface area contributed by atoms with Gasteiger partial charge in [-0.2, -0.15) is 0 Å². The van der Waals surface area contributed by atoms with Crippen LogP contribution >= 0.6 is 0 Å². The van der Waals surface area contributed by atoms with Crippen LogP contribution in [-0.2, 0) is 9.59 Å². The first kappa shape index (κ1) is 22.2. The maximum absolute atomic E-state index is 13.6. The predicted molar refractivity (Wildman–Crippen MR) is 135 cm³/mol. The van der Waals surface area contributed by atoms with E-state index in [0.717, 1.165) is 41.2 Å². The lowest BCUT2D eigenvalue weighted by Gasteiger charge is -2.37. The molecule has 2 aliphatic carbocycles. The van der Waals surface area contributed by atoms with E-state index in [2.05, 4.69) is 25.2 Å². The molecule has 3 aliphatic rings. The number of hydrogen-bond donors (Lipinski definition) is 1. The van der Waals surface area contributed by atoms with Crippen molar-refractivity contribution in [3.05, 3.63) is 89.7 Å². The fourth-order valence-corrected chi connectivity index (χ4v) is 5.23. The standard InChI is InChI=1S/C29H30N2O3/c1-19(32)31-25-15-8-7-14-23(25)30-24-17-29(2,3)18-26(33)27(24)28(31)20-10-9-13-22(16-20)34-21-11-5-4-6-12-21/h4-11,13-16,21,28,30H,12,17-18H2,1-3H3. The molecule has 5 nitrogen and oxygen atoms in total. The minimum atomic E-state index is -0.530. The van der Waals surface area contributed by atoms with Gasteiger partial charge in [-0.05, 0) is 47.7 Å². The number of amides is 1. The number of benzene rings is 2. The Bertz CT molecular complexity index is 1240. The molecule has 1 aliphatic heterocycles. The highest BCUT2D eigenvalue weighted by atomic mass is 16.5. The number of anilines is 2. The zero-order valence-corrected chi connectivity index (χ0v) is 19.9. The molecule has 0 aromatic heterocycles. The van der Waals surface area contributed by atoms with Crippen molar-refractivity contribution < 1.29 is 14.3 Å². The van der Waals surface area contributed by atoms with Crippen molar-refractivity contribution in [2.75, 3.05) is 10.2 Å². The normalized spacial score (nSPS) is 23.0. The Morgan fingerprint density at radius 2 is 1.91 bits per heavy atom. The molecule has 5 rings (SSSR count). The molecule has 0 saturated heterocycles. The lowest BCUT2D eigenvalue weighted by molar-refractivity contribution is -0.118. The van der Waals surface area contributed by atoms with Gasteiger partial charge in [-0.25, -0.2) is 0 Å². The fourth-order valence-electron chi connectivity index (χ4n) is 5.23. The Balaban J connectivity index is 1.65. The maximum atomic E-state index is 13.6. The van der Waals surface area contributed by atoms with Crippen LogP contribution in [0.15, 0.2) is 84.1 Å². The Morgan fingerprint density at radius 1 is 1.09 bits per heavy atom. The van der Waals surface area contributed by atoms with Gasteiger partial charge in [0.2, 0.25) is 5.91 Å². The molecule has 34 heavy (non-hydrogen) atoms. The van der Waals surface area contributed by atoms with Crippen LogP contribution in [0.1, 0.15) is 51.6 Å². The van der Waals surface area contributed by atoms with E-state index in [-0.39, 0.29) is 23.2 Å². The summed E-state index contributed by atoms with van der Waals surface area (Å²) in [6.07, 6.45) is 10.1. The molecule has 0 radical (unpaired) electrons. The van der Waals surface area contributed by atoms with Gasteiger partial charge in [0, 0.05) is 31.0 Å². The molecular weight excluding hydrogens is 424 g/mol. The summed E-state index contributed by atoms with van der Waals surface area (Å²) in [6.45, 7) is 5.79. The first-order chi connectivity index (χ1) is 16.3. The van der Waals surface area contributed by atoms with Gasteiger partial charge in [0.1, 0.15) is 11.9 Å². The van der Waals surface area contributed by atoms with Crippen molar-refractivity contribution in [3.63, 3.8) is 0 Å². The molecule has 0 bridgehead atoms. The predicted octanol–water partition coefficient (Wildman–Crippen LogP) is 6.11. The molecule has 0 spiro atoms. The molecule has 2 unspecified atom stereocenters. The third-order valence-electron chi connectivity index (χ3n) is 6.64. The second-order valence-corrected chi connectivity index (χ2v) is 10.0. The van der Waals surface area contributed by atoms with Crippen LogP contribution in [0.4, 0.5) is 11.4 Å². The van der Waals surface area contributed by atoms with E-state index in [1.165, 1.54) is 0 Å². The van der Waals surface area contributed by atoms with Gasteiger partial charge in [-0.1, -0.05) is 56.3 Å². The van der Waals surface area contributed by atoms with Gasteiger partial charge in [0.25, 0.3) is 0 Å². The van der Waals surface area contributed by atoms with Crippen molar-refractivity contribution in [1.29, 1.82) is 0 Å².